The number of hydrogen-bond donors (Lipinski definition) is 2. The third-order valence-electron chi connectivity index (χ3n) is 3.17. The number of hydrogen-bond acceptors (Lipinski definition) is 2. The van der Waals surface area contributed by atoms with E-state index in [1.165, 1.54) is 0 Å². The van der Waals surface area contributed by atoms with E-state index in [1.807, 2.05) is 61.5 Å². The van der Waals surface area contributed by atoms with Gasteiger partial charge in [0.25, 0.3) is 0 Å². The van der Waals surface area contributed by atoms with Crippen LogP contribution in [0.5, 0.6) is 0 Å². The number of nitrogens with two attached hydrogens (primary N) is 1. The van der Waals surface area contributed by atoms with Gasteiger partial charge in [0.05, 0.1) is 6.04 Å². The lowest BCUT2D eigenvalue weighted by atomic mass is 10.1. The number of rotatable bonds is 4. The second kappa shape index (κ2) is 6.68. The molecule has 20 heavy (non-hydrogen) atoms. The fourth-order valence-electron chi connectivity index (χ4n) is 1.95. The van der Waals surface area contributed by atoms with E-state index in [2.05, 4.69) is 21.2 Å². The van der Waals surface area contributed by atoms with E-state index >= 15 is 0 Å². The van der Waals surface area contributed by atoms with Gasteiger partial charge in [-0.1, -0.05) is 58.4 Å². The normalized spacial score (nSPS) is 13.6. The number of carbonyl (C=O) groups excluding carboxylic acids is 1. The van der Waals surface area contributed by atoms with Gasteiger partial charge < -0.3 is 11.1 Å². The molecule has 0 aliphatic carbocycles. The fourth-order valence-corrected chi connectivity index (χ4v) is 2.21. The summed E-state index contributed by atoms with van der Waals surface area (Å²) in [7, 11) is 0. The predicted molar refractivity (Wildman–Crippen MR) is 84.1 cm³/mol. The molecule has 0 fully saturated rings. The summed E-state index contributed by atoms with van der Waals surface area (Å²) >= 11 is 3.39. The minimum Gasteiger partial charge on any atom is -0.348 e. The molecular formula is C16H17BrN2O. The van der Waals surface area contributed by atoms with Crippen molar-refractivity contribution in [1.82, 2.24) is 5.32 Å². The first-order valence-corrected chi connectivity index (χ1v) is 7.23. The van der Waals surface area contributed by atoms with Crippen LogP contribution in [0.3, 0.4) is 0 Å². The van der Waals surface area contributed by atoms with Crippen LogP contribution in [0.4, 0.5) is 0 Å². The smallest absolute Gasteiger partial charge is 0.241 e. The molecule has 0 aliphatic rings. The zero-order valence-electron chi connectivity index (χ0n) is 11.2. The standard InChI is InChI=1S/C16H17BrN2O/c1-11(12-7-9-14(17)10-8-12)19-16(20)15(18)13-5-3-2-4-6-13/h2-11,15H,18H2,1H3,(H,19,20)/t11-,15-/m1/s1. The second-order valence-corrected chi connectivity index (χ2v) is 5.59. The monoisotopic (exact) mass is 332 g/mol. The maximum atomic E-state index is 12.1. The highest BCUT2D eigenvalue weighted by atomic mass is 79.9. The Morgan fingerprint density at radius 1 is 1.05 bits per heavy atom. The molecule has 2 aromatic carbocycles. The molecule has 0 spiro atoms. The molecule has 104 valence electrons. The SMILES string of the molecule is C[C@@H](NC(=O)[C@H](N)c1ccccc1)c1ccc(Br)cc1. The quantitative estimate of drug-likeness (QED) is 0.902. The number of nitrogens with one attached hydrogen (secondary N) is 1. The highest BCUT2D eigenvalue weighted by Gasteiger charge is 2.17. The van der Waals surface area contributed by atoms with E-state index < -0.39 is 6.04 Å². The molecule has 0 aromatic heterocycles. The van der Waals surface area contributed by atoms with Gasteiger partial charge in [-0.15, -0.1) is 0 Å². The van der Waals surface area contributed by atoms with Crippen LogP contribution >= 0.6 is 15.9 Å². The molecule has 0 unspecified atom stereocenters. The Labute approximate surface area is 127 Å². The van der Waals surface area contributed by atoms with Crippen LogP contribution in [0.25, 0.3) is 0 Å². The van der Waals surface area contributed by atoms with Crippen LogP contribution in [0.15, 0.2) is 59.1 Å². The maximum Gasteiger partial charge on any atom is 0.241 e. The van der Waals surface area contributed by atoms with Gasteiger partial charge in [0.2, 0.25) is 5.91 Å². The molecule has 2 aromatic rings. The van der Waals surface area contributed by atoms with Crippen LogP contribution in [0.1, 0.15) is 30.1 Å². The van der Waals surface area contributed by atoms with Crippen LogP contribution < -0.4 is 11.1 Å². The summed E-state index contributed by atoms with van der Waals surface area (Å²) < 4.78 is 1.01. The van der Waals surface area contributed by atoms with Crippen molar-refractivity contribution in [2.45, 2.75) is 19.0 Å². The third-order valence-corrected chi connectivity index (χ3v) is 3.70. The van der Waals surface area contributed by atoms with Crippen molar-refractivity contribution in [2.75, 3.05) is 0 Å². The molecule has 3 nitrogen and oxygen atoms in total. The summed E-state index contributed by atoms with van der Waals surface area (Å²) in [5.74, 6) is -0.174. The fraction of sp³-hybridized carbons (Fsp3) is 0.188. The molecule has 3 N–H and O–H groups in total. The lowest BCUT2D eigenvalue weighted by Gasteiger charge is -2.18. The van der Waals surface area contributed by atoms with Gasteiger partial charge in [0.15, 0.2) is 0 Å². The first-order valence-electron chi connectivity index (χ1n) is 6.44. The van der Waals surface area contributed by atoms with Gasteiger partial charge in [-0.05, 0) is 30.2 Å². The number of carbonyl (C=O) groups is 1. The van der Waals surface area contributed by atoms with Gasteiger partial charge in [-0.25, -0.2) is 0 Å². The van der Waals surface area contributed by atoms with E-state index in [-0.39, 0.29) is 11.9 Å². The minimum absolute atomic E-state index is 0.0784. The van der Waals surface area contributed by atoms with Crippen molar-refractivity contribution in [3.05, 3.63) is 70.2 Å². The highest BCUT2D eigenvalue weighted by Crippen LogP contribution is 2.18. The summed E-state index contributed by atoms with van der Waals surface area (Å²) in [4.78, 5) is 12.1. The van der Waals surface area contributed by atoms with Crippen LogP contribution in [0.2, 0.25) is 0 Å². The zero-order chi connectivity index (χ0) is 14.5. The van der Waals surface area contributed by atoms with Crippen LogP contribution in [-0.4, -0.2) is 5.91 Å². The molecule has 0 bridgehead atoms. The average Bonchev–Trinajstić information content (AvgIpc) is 2.48. The van der Waals surface area contributed by atoms with Crippen molar-refractivity contribution in [3.8, 4) is 0 Å². The van der Waals surface area contributed by atoms with Crippen molar-refractivity contribution in [3.63, 3.8) is 0 Å². The summed E-state index contributed by atoms with van der Waals surface area (Å²) in [5.41, 5.74) is 7.83. The van der Waals surface area contributed by atoms with Gasteiger partial charge in [-0.2, -0.15) is 0 Å². The summed E-state index contributed by atoms with van der Waals surface area (Å²) in [6, 6.07) is 16.5. The predicted octanol–water partition coefficient (Wildman–Crippen LogP) is 3.33. The Kier molecular flexibility index (Phi) is 4.93. The van der Waals surface area contributed by atoms with Gasteiger partial charge in [0.1, 0.15) is 6.04 Å². The molecule has 4 heteroatoms. The van der Waals surface area contributed by atoms with E-state index in [0.29, 0.717) is 0 Å². The topological polar surface area (TPSA) is 55.1 Å². The molecule has 1 amide bonds. The number of benzene rings is 2. The van der Waals surface area contributed by atoms with Crippen molar-refractivity contribution >= 4 is 21.8 Å². The summed E-state index contributed by atoms with van der Waals surface area (Å²) in [6.07, 6.45) is 0. The minimum atomic E-state index is -0.644. The van der Waals surface area contributed by atoms with E-state index in [0.717, 1.165) is 15.6 Å². The van der Waals surface area contributed by atoms with E-state index in [9.17, 15) is 4.79 Å². The second-order valence-electron chi connectivity index (χ2n) is 4.67. The first kappa shape index (κ1) is 14.8. The molecule has 2 rings (SSSR count). The Balaban J connectivity index is 2.02. The molecule has 0 aliphatic heterocycles. The van der Waals surface area contributed by atoms with Gasteiger partial charge in [0, 0.05) is 4.47 Å². The molecule has 2 atom stereocenters. The lowest BCUT2D eigenvalue weighted by molar-refractivity contribution is -0.123. The maximum absolute atomic E-state index is 12.1. The largest absolute Gasteiger partial charge is 0.348 e. The number of halogens is 1. The molecule has 0 saturated carbocycles. The highest BCUT2D eigenvalue weighted by molar-refractivity contribution is 9.10. The summed E-state index contributed by atoms with van der Waals surface area (Å²) in [6.45, 7) is 1.94. The molecule has 0 saturated heterocycles. The Morgan fingerprint density at radius 3 is 2.25 bits per heavy atom. The Morgan fingerprint density at radius 2 is 1.65 bits per heavy atom. The van der Waals surface area contributed by atoms with Crippen molar-refractivity contribution in [2.24, 2.45) is 5.73 Å². The van der Waals surface area contributed by atoms with Crippen molar-refractivity contribution < 1.29 is 4.79 Å². The Hall–Kier alpha value is -1.65. The Bertz CT molecular complexity index is 569. The number of amides is 1. The van der Waals surface area contributed by atoms with Gasteiger partial charge >= 0.3 is 0 Å². The third kappa shape index (κ3) is 3.68. The van der Waals surface area contributed by atoms with Gasteiger partial charge in [-0.3, -0.25) is 4.79 Å². The molecule has 0 heterocycles. The van der Waals surface area contributed by atoms with Crippen molar-refractivity contribution in [1.29, 1.82) is 0 Å². The molecule has 0 radical (unpaired) electrons. The zero-order valence-corrected chi connectivity index (χ0v) is 12.8. The molecular weight excluding hydrogens is 316 g/mol. The summed E-state index contributed by atoms with van der Waals surface area (Å²) in [5, 5.41) is 2.93. The van der Waals surface area contributed by atoms with Crippen LogP contribution in [-0.2, 0) is 4.79 Å². The first-order chi connectivity index (χ1) is 9.58. The lowest BCUT2D eigenvalue weighted by Crippen LogP contribution is -2.35. The van der Waals surface area contributed by atoms with E-state index in [4.69, 9.17) is 5.73 Å². The van der Waals surface area contributed by atoms with E-state index in [1.54, 1.807) is 0 Å². The average molecular weight is 333 g/mol. The van der Waals surface area contributed by atoms with Crippen LogP contribution in [0, 0.1) is 0 Å².